The molecule has 2 heterocycles. The van der Waals surface area contributed by atoms with E-state index in [1.807, 2.05) is 12.1 Å². The maximum absolute atomic E-state index is 11.3. The summed E-state index contributed by atoms with van der Waals surface area (Å²) in [6.45, 7) is 2.45. The van der Waals surface area contributed by atoms with Crippen LogP contribution in [0.25, 0.3) is 0 Å². The van der Waals surface area contributed by atoms with Gasteiger partial charge >= 0.3 is 0 Å². The van der Waals surface area contributed by atoms with Gasteiger partial charge in [0.05, 0.1) is 5.69 Å². The Labute approximate surface area is 109 Å². The summed E-state index contributed by atoms with van der Waals surface area (Å²) in [5, 5.41) is 11.9. The van der Waals surface area contributed by atoms with Crippen molar-refractivity contribution in [1.82, 2.24) is 15.5 Å². The zero-order chi connectivity index (χ0) is 12.4. The molecule has 5 nitrogen and oxygen atoms in total. The van der Waals surface area contributed by atoms with Crippen LogP contribution >= 0.6 is 0 Å². The Morgan fingerprint density at radius 3 is 2.67 bits per heavy atom. The van der Waals surface area contributed by atoms with Gasteiger partial charge in [-0.25, -0.2) is 0 Å². The average molecular weight is 266 g/mol. The van der Waals surface area contributed by atoms with Gasteiger partial charge in [0.15, 0.2) is 5.82 Å². The minimum absolute atomic E-state index is 0.640. The second-order valence-electron chi connectivity index (χ2n) is 4.87. The fourth-order valence-electron chi connectivity index (χ4n) is 2.02. The molecule has 18 heavy (non-hydrogen) atoms. The van der Waals surface area contributed by atoms with Gasteiger partial charge in [-0.05, 0) is 25.0 Å². The van der Waals surface area contributed by atoms with Crippen molar-refractivity contribution >= 4 is 16.6 Å². The molecule has 3 rings (SSSR count). The molecule has 1 saturated carbocycles. The normalized spacial score (nSPS) is 21.2. The first-order valence-corrected chi connectivity index (χ1v) is 7.96. The molecule has 0 unspecified atom stereocenters. The molecule has 1 aliphatic carbocycles. The molecule has 1 N–H and O–H groups in total. The SMILES string of the molecule is O=S1CCN(c2ccc(CNC3CC3)nn2)CC1. The van der Waals surface area contributed by atoms with Gasteiger partial charge in [0.25, 0.3) is 0 Å². The van der Waals surface area contributed by atoms with Crippen LogP contribution in [0.3, 0.4) is 0 Å². The molecule has 2 fully saturated rings. The van der Waals surface area contributed by atoms with Crippen LogP contribution in [-0.4, -0.2) is 45.0 Å². The van der Waals surface area contributed by atoms with Crippen molar-refractivity contribution in [3.63, 3.8) is 0 Å². The van der Waals surface area contributed by atoms with E-state index in [2.05, 4.69) is 20.4 Å². The largest absolute Gasteiger partial charge is 0.353 e. The first kappa shape index (κ1) is 12.0. The summed E-state index contributed by atoms with van der Waals surface area (Å²) < 4.78 is 11.3. The number of anilines is 1. The maximum atomic E-state index is 11.3. The van der Waals surface area contributed by atoms with Crippen molar-refractivity contribution in [2.45, 2.75) is 25.4 Å². The summed E-state index contributed by atoms with van der Waals surface area (Å²) in [6.07, 6.45) is 2.58. The van der Waals surface area contributed by atoms with Crippen molar-refractivity contribution in [3.05, 3.63) is 17.8 Å². The van der Waals surface area contributed by atoms with Gasteiger partial charge in [-0.15, -0.1) is 5.10 Å². The monoisotopic (exact) mass is 266 g/mol. The van der Waals surface area contributed by atoms with Crippen LogP contribution in [0.2, 0.25) is 0 Å². The van der Waals surface area contributed by atoms with E-state index >= 15 is 0 Å². The van der Waals surface area contributed by atoms with Crippen LogP contribution in [0.15, 0.2) is 12.1 Å². The number of nitrogens with zero attached hydrogens (tertiary/aromatic N) is 3. The molecule has 1 aliphatic heterocycles. The zero-order valence-electron chi connectivity index (χ0n) is 10.3. The highest BCUT2D eigenvalue weighted by molar-refractivity contribution is 7.85. The molecule has 98 valence electrons. The van der Waals surface area contributed by atoms with Gasteiger partial charge in [0, 0.05) is 48.0 Å². The highest BCUT2D eigenvalue weighted by Gasteiger charge is 2.20. The highest BCUT2D eigenvalue weighted by Crippen LogP contribution is 2.19. The standard InChI is InChI=1S/C12H18N4OS/c17-18-7-5-16(6-8-18)12-4-3-11(14-15-12)9-13-10-1-2-10/h3-4,10,13H,1-2,5-9H2. The van der Waals surface area contributed by atoms with E-state index in [-0.39, 0.29) is 0 Å². The van der Waals surface area contributed by atoms with E-state index in [9.17, 15) is 4.21 Å². The zero-order valence-corrected chi connectivity index (χ0v) is 11.2. The number of rotatable bonds is 4. The maximum Gasteiger partial charge on any atom is 0.151 e. The molecule has 1 saturated heterocycles. The molecule has 1 aromatic heterocycles. The van der Waals surface area contributed by atoms with Crippen molar-refractivity contribution in [2.24, 2.45) is 0 Å². The predicted octanol–water partition coefficient (Wildman–Crippen LogP) is 0.297. The average Bonchev–Trinajstić information content (AvgIpc) is 3.22. The molecule has 0 spiro atoms. The third kappa shape index (κ3) is 3.05. The Hall–Kier alpha value is -1.01. The Morgan fingerprint density at radius 2 is 2.06 bits per heavy atom. The number of hydrogen-bond donors (Lipinski definition) is 1. The first-order chi connectivity index (χ1) is 8.81. The molecule has 0 radical (unpaired) electrons. The van der Waals surface area contributed by atoms with E-state index in [0.717, 1.165) is 42.7 Å². The summed E-state index contributed by atoms with van der Waals surface area (Å²) >= 11 is 0. The predicted molar refractivity (Wildman–Crippen MR) is 72.0 cm³/mol. The van der Waals surface area contributed by atoms with Crippen LogP contribution in [-0.2, 0) is 17.3 Å². The van der Waals surface area contributed by atoms with Gasteiger partial charge in [-0.1, -0.05) is 0 Å². The van der Waals surface area contributed by atoms with Crippen molar-refractivity contribution in [2.75, 3.05) is 29.5 Å². The summed E-state index contributed by atoms with van der Waals surface area (Å²) in [5.74, 6) is 2.39. The van der Waals surface area contributed by atoms with Gasteiger partial charge in [0.1, 0.15) is 0 Å². The molecule has 0 atom stereocenters. The van der Waals surface area contributed by atoms with Crippen LogP contribution in [0.5, 0.6) is 0 Å². The van der Waals surface area contributed by atoms with Gasteiger partial charge in [-0.3, -0.25) is 4.21 Å². The van der Waals surface area contributed by atoms with Crippen LogP contribution in [0.4, 0.5) is 5.82 Å². The number of hydrogen-bond acceptors (Lipinski definition) is 5. The lowest BCUT2D eigenvalue weighted by Gasteiger charge is -2.26. The lowest BCUT2D eigenvalue weighted by molar-refractivity contribution is 0.660. The smallest absolute Gasteiger partial charge is 0.151 e. The van der Waals surface area contributed by atoms with Crippen LogP contribution in [0, 0.1) is 0 Å². The van der Waals surface area contributed by atoms with Gasteiger partial charge in [0.2, 0.25) is 0 Å². The van der Waals surface area contributed by atoms with E-state index in [4.69, 9.17) is 0 Å². The summed E-state index contributed by atoms with van der Waals surface area (Å²) in [4.78, 5) is 2.16. The third-order valence-corrected chi connectivity index (χ3v) is 4.63. The molecule has 2 aliphatic rings. The highest BCUT2D eigenvalue weighted by atomic mass is 32.2. The van der Waals surface area contributed by atoms with E-state index in [1.165, 1.54) is 12.8 Å². The Kier molecular flexibility index (Phi) is 3.56. The van der Waals surface area contributed by atoms with Gasteiger partial charge < -0.3 is 10.2 Å². The minimum Gasteiger partial charge on any atom is -0.353 e. The van der Waals surface area contributed by atoms with E-state index < -0.39 is 10.8 Å². The fourth-order valence-corrected chi connectivity index (χ4v) is 3.07. The molecule has 0 amide bonds. The first-order valence-electron chi connectivity index (χ1n) is 6.47. The van der Waals surface area contributed by atoms with Crippen LogP contribution in [0.1, 0.15) is 18.5 Å². The molecule has 1 aromatic rings. The minimum atomic E-state index is -0.640. The lowest BCUT2D eigenvalue weighted by atomic mass is 10.3. The summed E-state index contributed by atoms with van der Waals surface area (Å²) in [7, 11) is -0.640. The molecular weight excluding hydrogens is 248 g/mol. The fraction of sp³-hybridized carbons (Fsp3) is 0.667. The van der Waals surface area contributed by atoms with E-state index in [1.54, 1.807) is 0 Å². The Bertz CT molecular complexity index is 422. The number of aromatic nitrogens is 2. The topological polar surface area (TPSA) is 58.1 Å². The second-order valence-corrected chi connectivity index (χ2v) is 6.57. The summed E-state index contributed by atoms with van der Waals surface area (Å²) in [5.41, 5.74) is 0.992. The molecule has 6 heteroatoms. The molecule has 0 bridgehead atoms. The van der Waals surface area contributed by atoms with Crippen molar-refractivity contribution in [3.8, 4) is 0 Å². The number of nitrogens with one attached hydrogen (secondary N) is 1. The quantitative estimate of drug-likeness (QED) is 0.849. The van der Waals surface area contributed by atoms with Crippen molar-refractivity contribution in [1.29, 1.82) is 0 Å². The molecule has 0 aromatic carbocycles. The Balaban J connectivity index is 1.57. The van der Waals surface area contributed by atoms with Gasteiger partial charge in [-0.2, -0.15) is 5.10 Å². The third-order valence-electron chi connectivity index (χ3n) is 3.36. The lowest BCUT2D eigenvalue weighted by Crippen LogP contribution is -2.38. The van der Waals surface area contributed by atoms with Crippen molar-refractivity contribution < 1.29 is 4.21 Å². The van der Waals surface area contributed by atoms with Crippen LogP contribution < -0.4 is 10.2 Å². The van der Waals surface area contributed by atoms with E-state index in [0.29, 0.717) is 6.04 Å². The second kappa shape index (κ2) is 5.32. The molecular formula is C12H18N4OS. The Morgan fingerprint density at radius 1 is 1.28 bits per heavy atom. The summed E-state index contributed by atoms with van der Waals surface area (Å²) in [6, 6.07) is 4.75.